The maximum atomic E-state index is 13.0. The first-order chi connectivity index (χ1) is 15.5. The first-order valence-electron chi connectivity index (χ1n) is 9.66. The molecular formula is C18H19F6N5O3S2. The third kappa shape index (κ3) is 4.50. The van der Waals surface area contributed by atoms with Crippen molar-refractivity contribution in [2.75, 3.05) is 24.5 Å². The van der Waals surface area contributed by atoms with Crippen molar-refractivity contribution in [3.8, 4) is 0 Å². The van der Waals surface area contributed by atoms with Crippen molar-refractivity contribution in [2.24, 2.45) is 5.73 Å². The first kappa shape index (κ1) is 26.3. The number of hydrogen-bond donors (Lipinski definition) is 2. The molecule has 16 heteroatoms. The molecule has 0 saturated carbocycles. The lowest BCUT2D eigenvalue weighted by atomic mass is 9.95. The number of rotatable bonds is 4. The summed E-state index contributed by atoms with van der Waals surface area (Å²) in [4.78, 5) is 8.68. The van der Waals surface area contributed by atoms with Crippen molar-refractivity contribution in [3.63, 3.8) is 0 Å². The Morgan fingerprint density at radius 3 is 2.18 bits per heavy atom. The highest BCUT2D eigenvalue weighted by Gasteiger charge is 2.71. The van der Waals surface area contributed by atoms with E-state index in [-0.39, 0.29) is 59.9 Å². The second-order valence-corrected chi connectivity index (χ2v) is 10.1. The molecule has 8 nitrogen and oxygen atoms in total. The Hall–Kier alpha value is -2.30. The molecule has 0 aromatic carbocycles. The van der Waals surface area contributed by atoms with E-state index in [1.807, 2.05) is 0 Å². The lowest BCUT2D eigenvalue weighted by Gasteiger charge is -2.39. The second kappa shape index (κ2) is 8.73. The Morgan fingerprint density at radius 2 is 1.68 bits per heavy atom. The number of halogens is 6. The van der Waals surface area contributed by atoms with E-state index in [1.165, 1.54) is 11.0 Å². The van der Waals surface area contributed by atoms with Gasteiger partial charge in [0.15, 0.2) is 0 Å². The van der Waals surface area contributed by atoms with Gasteiger partial charge in [0.25, 0.3) is 5.60 Å². The van der Waals surface area contributed by atoms with Crippen LogP contribution in [0.25, 0.3) is 0 Å². The molecule has 1 aliphatic carbocycles. The highest BCUT2D eigenvalue weighted by atomic mass is 32.2. The minimum Gasteiger partial charge on any atom is -0.399 e. The number of alkyl halides is 6. The zero-order valence-corrected chi connectivity index (χ0v) is 19.1. The molecule has 188 valence electrons. The highest BCUT2D eigenvalue weighted by Crippen LogP contribution is 2.49. The van der Waals surface area contributed by atoms with Crippen LogP contribution in [0, 0.1) is 0 Å². The molecule has 0 spiro atoms. The smallest absolute Gasteiger partial charge is 0.399 e. The topological polar surface area (TPSA) is 113 Å². The molecule has 2 aliphatic rings. The molecule has 1 aromatic rings. The molecule has 1 saturated heterocycles. The fourth-order valence-corrected chi connectivity index (χ4v) is 5.67. The highest BCUT2D eigenvalue weighted by molar-refractivity contribution is 7.96. The predicted molar refractivity (Wildman–Crippen MR) is 113 cm³/mol. The quantitative estimate of drug-likeness (QED) is 0.449. The fraction of sp³-hybridized carbons (Fsp3) is 0.500. The van der Waals surface area contributed by atoms with Gasteiger partial charge in [-0.25, -0.2) is 18.4 Å². The van der Waals surface area contributed by atoms with Crippen molar-refractivity contribution in [1.82, 2.24) is 14.3 Å². The molecule has 0 unspecified atom stereocenters. The molecule has 3 rings (SSSR count). The maximum absolute atomic E-state index is 13.0. The normalized spacial score (nSPS) is 21.4. The van der Waals surface area contributed by atoms with Crippen LogP contribution in [-0.4, -0.2) is 70.7 Å². The molecule has 1 aliphatic heterocycles. The number of aromatic nitrogens is 2. The molecule has 1 fully saturated rings. The Bertz CT molecular complexity index is 1120. The number of nitrogens with two attached hydrogens (primary N) is 1. The molecule has 1 aromatic heterocycles. The largest absolute Gasteiger partial charge is 0.430 e. The Morgan fingerprint density at radius 1 is 1.12 bits per heavy atom. The summed E-state index contributed by atoms with van der Waals surface area (Å²) in [5, 5.41) is 9.45. The van der Waals surface area contributed by atoms with Gasteiger partial charge in [0.05, 0.1) is 4.91 Å². The summed E-state index contributed by atoms with van der Waals surface area (Å²) in [5.74, 6) is -0.223. The number of sulfonamides is 1. The lowest BCUT2D eigenvalue weighted by Crippen LogP contribution is -2.55. The van der Waals surface area contributed by atoms with Crippen LogP contribution >= 0.6 is 12.2 Å². The van der Waals surface area contributed by atoms with Gasteiger partial charge in [-0.1, -0.05) is 18.3 Å². The standard InChI is InChI=1S/C18H19F6N5O3S2/c1-10-9-28(34(31,32)14-6-12(25)2-3-13(14)33)4-5-29(10)15-26-7-11(8-27-15)16(30,17(19,20)21)18(22,23)24/h2,6-8,10,30H,3-5,9,25H2,1H3/t10-/m0/s1. The third-order valence-corrected chi connectivity index (χ3v) is 7.88. The van der Waals surface area contributed by atoms with Gasteiger partial charge in [0, 0.05) is 60.6 Å². The molecule has 0 radical (unpaired) electrons. The average Bonchev–Trinajstić information content (AvgIpc) is 2.73. The zero-order valence-electron chi connectivity index (χ0n) is 17.4. The second-order valence-electron chi connectivity index (χ2n) is 7.72. The van der Waals surface area contributed by atoms with Crippen LogP contribution in [-0.2, 0) is 15.6 Å². The van der Waals surface area contributed by atoms with Gasteiger partial charge < -0.3 is 15.7 Å². The van der Waals surface area contributed by atoms with Crippen LogP contribution < -0.4 is 10.6 Å². The fourth-order valence-electron chi connectivity index (χ4n) is 3.54. The van der Waals surface area contributed by atoms with Gasteiger partial charge in [-0.2, -0.15) is 30.6 Å². The number of allylic oxidation sites excluding steroid dienone is 3. The van der Waals surface area contributed by atoms with Crippen LogP contribution in [0.2, 0.25) is 0 Å². The van der Waals surface area contributed by atoms with E-state index in [2.05, 4.69) is 9.97 Å². The van der Waals surface area contributed by atoms with Crippen LogP contribution in [0.1, 0.15) is 18.9 Å². The van der Waals surface area contributed by atoms with E-state index in [4.69, 9.17) is 18.0 Å². The Labute approximate surface area is 195 Å². The summed E-state index contributed by atoms with van der Waals surface area (Å²) in [6.07, 6.45) is -8.57. The summed E-state index contributed by atoms with van der Waals surface area (Å²) in [7, 11) is -3.98. The Kier molecular flexibility index (Phi) is 6.75. The van der Waals surface area contributed by atoms with Crippen molar-refractivity contribution >= 4 is 33.1 Å². The van der Waals surface area contributed by atoms with Crippen molar-refractivity contribution in [2.45, 2.75) is 37.3 Å². The Balaban J connectivity index is 1.82. The number of thiocarbonyl (C=S) groups is 1. The van der Waals surface area contributed by atoms with Gasteiger partial charge in [0.1, 0.15) is 0 Å². The third-order valence-electron chi connectivity index (χ3n) is 5.44. The van der Waals surface area contributed by atoms with Gasteiger partial charge in [-0.3, -0.25) is 0 Å². The average molecular weight is 532 g/mol. The van der Waals surface area contributed by atoms with Gasteiger partial charge in [-0.05, 0) is 13.0 Å². The summed E-state index contributed by atoms with van der Waals surface area (Å²) in [6.45, 7) is 1.43. The number of hydrogen-bond acceptors (Lipinski definition) is 8. The molecule has 0 bridgehead atoms. The van der Waals surface area contributed by atoms with Crippen LogP contribution in [0.3, 0.4) is 0 Å². The number of piperazine rings is 1. The molecule has 1 atom stereocenters. The van der Waals surface area contributed by atoms with Crippen LogP contribution in [0.15, 0.2) is 35.1 Å². The molecule has 2 heterocycles. The minimum atomic E-state index is -6.06. The van der Waals surface area contributed by atoms with Crippen molar-refractivity contribution in [3.05, 3.63) is 40.7 Å². The molecule has 0 amide bonds. The maximum Gasteiger partial charge on any atom is 0.430 e. The van der Waals surface area contributed by atoms with Gasteiger partial charge in [0.2, 0.25) is 16.0 Å². The molecular weight excluding hydrogens is 512 g/mol. The summed E-state index contributed by atoms with van der Waals surface area (Å²) < 4.78 is 105. The minimum absolute atomic E-state index is 0.00604. The summed E-state index contributed by atoms with van der Waals surface area (Å²) in [5.41, 5.74) is -0.780. The van der Waals surface area contributed by atoms with E-state index in [9.17, 15) is 39.9 Å². The van der Waals surface area contributed by atoms with E-state index in [0.717, 1.165) is 4.31 Å². The van der Waals surface area contributed by atoms with Crippen LogP contribution in [0.4, 0.5) is 32.3 Å². The van der Waals surface area contributed by atoms with E-state index < -0.39 is 39.6 Å². The van der Waals surface area contributed by atoms with E-state index in [1.54, 1.807) is 13.0 Å². The van der Waals surface area contributed by atoms with Crippen molar-refractivity contribution < 1.29 is 39.9 Å². The number of anilines is 1. The van der Waals surface area contributed by atoms with Crippen molar-refractivity contribution in [1.29, 1.82) is 0 Å². The molecule has 34 heavy (non-hydrogen) atoms. The summed E-state index contributed by atoms with van der Waals surface area (Å²) >= 11 is 5.14. The zero-order chi connectivity index (χ0) is 25.7. The monoisotopic (exact) mass is 531 g/mol. The SMILES string of the molecule is C[C@H]1CN(S(=O)(=O)C2=CC(N)=CCC2=S)CCN1c1ncc(C(O)(C(F)(F)F)C(F)(F)F)cn1. The van der Waals surface area contributed by atoms with Crippen LogP contribution in [0.5, 0.6) is 0 Å². The first-order valence-corrected chi connectivity index (χ1v) is 11.5. The van der Waals surface area contributed by atoms with Gasteiger partial charge in [-0.15, -0.1) is 0 Å². The summed E-state index contributed by atoms with van der Waals surface area (Å²) in [6, 6.07) is -0.593. The predicted octanol–water partition coefficient (Wildman–Crippen LogP) is 2.13. The lowest BCUT2D eigenvalue weighted by molar-refractivity contribution is -0.376. The number of aliphatic hydroxyl groups is 1. The van der Waals surface area contributed by atoms with Gasteiger partial charge >= 0.3 is 12.4 Å². The molecule has 3 N–H and O–H groups in total. The van der Waals surface area contributed by atoms with E-state index in [0.29, 0.717) is 0 Å². The number of nitrogens with zero attached hydrogens (tertiary/aromatic N) is 4. The van der Waals surface area contributed by atoms with E-state index >= 15 is 0 Å².